The largest absolute Gasteiger partial charge is 0.372 e. The third kappa shape index (κ3) is 2.30. The number of nitrogens with zero attached hydrogens (tertiary/aromatic N) is 2. The zero-order valence-corrected chi connectivity index (χ0v) is 10.5. The van der Waals surface area contributed by atoms with E-state index in [-0.39, 0.29) is 5.60 Å². The molecule has 0 bridgehead atoms. The van der Waals surface area contributed by atoms with Gasteiger partial charge in [-0.3, -0.25) is 0 Å². The van der Waals surface area contributed by atoms with Gasteiger partial charge in [-0.2, -0.15) is 0 Å². The van der Waals surface area contributed by atoms with Crippen LogP contribution in [0.25, 0.3) is 0 Å². The molecule has 3 nitrogen and oxygen atoms in total. The molecule has 1 unspecified atom stereocenters. The van der Waals surface area contributed by atoms with Crippen molar-refractivity contribution in [1.82, 2.24) is 4.98 Å². The van der Waals surface area contributed by atoms with Crippen molar-refractivity contribution in [3.8, 4) is 0 Å². The highest BCUT2D eigenvalue weighted by Crippen LogP contribution is 2.28. The zero-order valence-electron chi connectivity index (χ0n) is 9.74. The molecule has 1 aromatic rings. The van der Waals surface area contributed by atoms with Crippen LogP contribution >= 0.6 is 11.6 Å². The summed E-state index contributed by atoms with van der Waals surface area (Å²) in [6.45, 7) is 6.71. The second-order valence-corrected chi connectivity index (χ2v) is 4.79. The molecular weight excluding hydrogens is 224 g/mol. The summed E-state index contributed by atoms with van der Waals surface area (Å²) in [5.74, 6) is 0.868. The molecular formula is C12H17ClN2O. The molecule has 1 saturated heterocycles. The lowest BCUT2D eigenvalue weighted by atomic mass is 10.0. The van der Waals surface area contributed by atoms with E-state index in [4.69, 9.17) is 16.3 Å². The molecule has 0 radical (unpaired) electrons. The lowest BCUT2D eigenvalue weighted by Crippen LogP contribution is -2.50. The molecule has 2 heterocycles. The van der Waals surface area contributed by atoms with Crippen LogP contribution in [-0.4, -0.2) is 30.3 Å². The minimum atomic E-state index is -0.0842. The highest BCUT2D eigenvalue weighted by Gasteiger charge is 2.31. The van der Waals surface area contributed by atoms with Crippen LogP contribution in [0.4, 0.5) is 5.82 Å². The number of halogens is 1. The minimum Gasteiger partial charge on any atom is -0.372 e. The van der Waals surface area contributed by atoms with E-state index in [2.05, 4.69) is 23.7 Å². The third-order valence-corrected chi connectivity index (χ3v) is 3.42. The van der Waals surface area contributed by atoms with E-state index in [1.165, 1.54) is 0 Å². The fourth-order valence-corrected chi connectivity index (χ4v) is 2.18. The maximum absolute atomic E-state index is 6.15. The van der Waals surface area contributed by atoms with Gasteiger partial charge in [0, 0.05) is 19.3 Å². The van der Waals surface area contributed by atoms with Crippen molar-refractivity contribution in [3.63, 3.8) is 0 Å². The molecule has 0 aliphatic carbocycles. The van der Waals surface area contributed by atoms with Crippen molar-refractivity contribution < 1.29 is 4.74 Å². The molecule has 0 N–H and O–H groups in total. The average molecular weight is 241 g/mol. The monoisotopic (exact) mass is 240 g/mol. The molecule has 16 heavy (non-hydrogen) atoms. The van der Waals surface area contributed by atoms with Crippen LogP contribution in [-0.2, 0) is 4.74 Å². The zero-order chi connectivity index (χ0) is 11.6. The van der Waals surface area contributed by atoms with E-state index >= 15 is 0 Å². The Balaban J connectivity index is 2.19. The lowest BCUT2D eigenvalue weighted by molar-refractivity contribution is -0.0443. The first kappa shape index (κ1) is 11.7. The van der Waals surface area contributed by atoms with Crippen molar-refractivity contribution in [2.45, 2.75) is 25.9 Å². The van der Waals surface area contributed by atoms with Gasteiger partial charge in [-0.15, -0.1) is 0 Å². The Morgan fingerprint density at radius 2 is 2.44 bits per heavy atom. The predicted octanol–water partition coefficient (Wildman–Crippen LogP) is 2.74. The van der Waals surface area contributed by atoms with Crippen LogP contribution < -0.4 is 4.90 Å². The van der Waals surface area contributed by atoms with Crippen LogP contribution in [0.2, 0.25) is 5.02 Å². The summed E-state index contributed by atoms with van der Waals surface area (Å²) in [5.41, 5.74) is -0.0842. The Morgan fingerprint density at radius 3 is 3.12 bits per heavy atom. The third-order valence-electron chi connectivity index (χ3n) is 3.12. The summed E-state index contributed by atoms with van der Waals surface area (Å²) in [6.07, 6.45) is 2.77. The fourth-order valence-electron chi connectivity index (χ4n) is 1.94. The van der Waals surface area contributed by atoms with Crippen molar-refractivity contribution in [2.75, 3.05) is 24.6 Å². The van der Waals surface area contributed by atoms with Gasteiger partial charge >= 0.3 is 0 Å². The maximum atomic E-state index is 6.15. The normalized spacial score (nSPS) is 25.8. The standard InChI is InChI=1S/C12H17ClN2O/c1-3-12(2)9-15(7-8-16-12)11-10(13)5-4-6-14-11/h4-6H,3,7-9H2,1-2H3. The van der Waals surface area contributed by atoms with Gasteiger partial charge in [-0.1, -0.05) is 18.5 Å². The number of aromatic nitrogens is 1. The first-order chi connectivity index (χ1) is 7.64. The molecule has 0 aromatic carbocycles. The van der Waals surface area contributed by atoms with Gasteiger partial charge in [0.25, 0.3) is 0 Å². The quantitative estimate of drug-likeness (QED) is 0.795. The fraction of sp³-hybridized carbons (Fsp3) is 0.583. The molecule has 1 aliphatic rings. The molecule has 0 spiro atoms. The van der Waals surface area contributed by atoms with Crippen LogP contribution in [0.1, 0.15) is 20.3 Å². The molecule has 4 heteroatoms. The summed E-state index contributed by atoms with van der Waals surface area (Å²) in [5, 5.41) is 0.711. The molecule has 1 fully saturated rings. The van der Waals surface area contributed by atoms with E-state index < -0.39 is 0 Å². The minimum absolute atomic E-state index is 0.0842. The van der Waals surface area contributed by atoms with Crippen molar-refractivity contribution >= 4 is 17.4 Å². The second kappa shape index (κ2) is 4.60. The number of pyridine rings is 1. The topological polar surface area (TPSA) is 25.4 Å². The summed E-state index contributed by atoms with van der Waals surface area (Å²) >= 11 is 6.15. The summed E-state index contributed by atoms with van der Waals surface area (Å²) in [6, 6.07) is 3.73. The van der Waals surface area contributed by atoms with Gasteiger partial charge < -0.3 is 9.64 Å². The summed E-state index contributed by atoms with van der Waals surface area (Å²) in [7, 11) is 0. The maximum Gasteiger partial charge on any atom is 0.147 e. The van der Waals surface area contributed by atoms with Crippen LogP contribution in [0.5, 0.6) is 0 Å². The molecule has 1 atom stereocenters. The first-order valence-electron chi connectivity index (χ1n) is 5.64. The Kier molecular flexibility index (Phi) is 3.36. The van der Waals surface area contributed by atoms with Crippen LogP contribution in [0.15, 0.2) is 18.3 Å². The average Bonchev–Trinajstić information content (AvgIpc) is 2.30. The van der Waals surface area contributed by atoms with Gasteiger partial charge in [-0.05, 0) is 25.5 Å². The van der Waals surface area contributed by atoms with E-state index in [1.54, 1.807) is 6.20 Å². The molecule has 0 amide bonds. The smallest absolute Gasteiger partial charge is 0.147 e. The Bertz CT molecular complexity index is 372. The molecule has 0 saturated carbocycles. The number of anilines is 1. The highest BCUT2D eigenvalue weighted by atomic mass is 35.5. The molecule has 1 aliphatic heterocycles. The molecule has 2 rings (SSSR count). The van der Waals surface area contributed by atoms with Crippen LogP contribution in [0, 0.1) is 0 Å². The van der Waals surface area contributed by atoms with E-state index in [1.807, 2.05) is 12.1 Å². The predicted molar refractivity (Wildman–Crippen MR) is 66.1 cm³/mol. The van der Waals surface area contributed by atoms with Gasteiger partial charge in [0.1, 0.15) is 5.82 Å². The van der Waals surface area contributed by atoms with Crippen LogP contribution in [0.3, 0.4) is 0 Å². The van der Waals surface area contributed by atoms with Gasteiger partial charge in [-0.25, -0.2) is 4.98 Å². The Hall–Kier alpha value is -0.800. The van der Waals surface area contributed by atoms with Gasteiger partial charge in [0.15, 0.2) is 0 Å². The van der Waals surface area contributed by atoms with E-state index in [0.717, 1.165) is 31.9 Å². The van der Waals surface area contributed by atoms with Gasteiger partial charge in [0.05, 0.1) is 17.2 Å². The van der Waals surface area contributed by atoms with Crippen molar-refractivity contribution in [3.05, 3.63) is 23.4 Å². The van der Waals surface area contributed by atoms with Gasteiger partial charge in [0.2, 0.25) is 0 Å². The number of hydrogen-bond acceptors (Lipinski definition) is 3. The summed E-state index contributed by atoms with van der Waals surface area (Å²) in [4.78, 5) is 6.54. The number of rotatable bonds is 2. The lowest BCUT2D eigenvalue weighted by Gasteiger charge is -2.40. The number of morpholine rings is 1. The van der Waals surface area contributed by atoms with Crippen molar-refractivity contribution in [1.29, 1.82) is 0 Å². The van der Waals surface area contributed by atoms with E-state index in [0.29, 0.717) is 5.02 Å². The molecule has 88 valence electrons. The Labute approximate surface area is 101 Å². The van der Waals surface area contributed by atoms with Crippen molar-refractivity contribution in [2.24, 2.45) is 0 Å². The number of hydrogen-bond donors (Lipinski definition) is 0. The Morgan fingerprint density at radius 1 is 1.62 bits per heavy atom. The second-order valence-electron chi connectivity index (χ2n) is 4.38. The number of ether oxygens (including phenoxy) is 1. The SMILES string of the molecule is CCC1(C)CN(c2ncccc2Cl)CCO1. The summed E-state index contributed by atoms with van der Waals surface area (Å²) < 4.78 is 5.79. The first-order valence-corrected chi connectivity index (χ1v) is 6.02. The molecule has 1 aromatic heterocycles. The van der Waals surface area contributed by atoms with E-state index in [9.17, 15) is 0 Å². The highest BCUT2D eigenvalue weighted by molar-refractivity contribution is 6.32.